The summed E-state index contributed by atoms with van der Waals surface area (Å²) in [6.07, 6.45) is -0.543. The second kappa shape index (κ2) is 9.95. The molecule has 0 spiro atoms. The summed E-state index contributed by atoms with van der Waals surface area (Å²) in [7, 11) is 0.497. The fraction of sp³-hybridized carbons (Fsp3) is 1.00. The summed E-state index contributed by atoms with van der Waals surface area (Å²) in [4.78, 5) is 0. The van der Waals surface area contributed by atoms with Gasteiger partial charge in [-0.3, -0.25) is 0 Å². The lowest BCUT2D eigenvalue weighted by atomic mass is 10.5. The minimum atomic E-state index is -2.71. The van der Waals surface area contributed by atoms with Crippen LogP contribution < -0.4 is 0 Å². The molecule has 0 saturated carbocycles. The molecule has 17 heavy (non-hydrogen) atoms. The summed E-state index contributed by atoms with van der Waals surface area (Å²) < 4.78 is 26.5. The number of ether oxygens (including phenoxy) is 2. The van der Waals surface area contributed by atoms with Crippen LogP contribution in [0.4, 0.5) is 0 Å². The smallest absolute Gasteiger partial charge is 0.391 e. The van der Waals surface area contributed by atoms with E-state index in [0.717, 1.165) is 0 Å². The van der Waals surface area contributed by atoms with Gasteiger partial charge < -0.3 is 27.9 Å². The fourth-order valence-electron chi connectivity index (χ4n) is 1.02. The van der Waals surface area contributed by atoms with Crippen molar-refractivity contribution in [1.82, 2.24) is 0 Å². The number of aliphatic hydroxyl groups excluding tert-OH is 1. The highest BCUT2D eigenvalue weighted by atomic mass is 28.4. The van der Waals surface area contributed by atoms with E-state index < -0.39 is 14.9 Å². The van der Waals surface area contributed by atoms with Gasteiger partial charge >= 0.3 is 8.80 Å². The van der Waals surface area contributed by atoms with Gasteiger partial charge in [0.25, 0.3) is 0 Å². The largest absolute Gasteiger partial charge is 0.497 e. The Hall–Kier alpha value is -0.0231. The third-order valence-corrected chi connectivity index (χ3v) is 4.04. The van der Waals surface area contributed by atoms with Gasteiger partial charge in [0.15, 0.2) is 0 Å². The molecule has 1 N–H and O–H groups in total. The van der Waals surface area contributed by atoms with Gasteiger partial charge in [0.05, 0.1) is 39.1 Å². The molecule has 1 atom stereocenters. The number of aliphatic hydroxyl groups is 1. The number of hydrogen-bond donors (Lipinski definition) is 1. The lowest BCUT2D eigenvalue weighted by Crippen LogP contribution is -2.45. The first-order valence-corrected chi connectivity index (χ1v) is 7.84. The van der Waals surface area contributed by atoms with Crippen molar-refractivity contribution in [2.24, 2.45) is 0 Å². The summed E-state index contributed by atoms with van der Waals surface area (Å²) in [5.74, 6) is 0. The minimum Gasteiger partial charge on any atom is -0.391 e. The van der Waals surface area contributed by atoms with Crippen LogP contribution >= 0.6 is 0 Å². The van der Waals surface area contributed by atoms with Gasteiger partial charge in [-0.1, -0.05) is 0 Å². The first kappa shape index (κ1) is 17.0. The number of methoxy groups -OCH3 is 2. The van der Waals surface area contributed by atoms with E-state index in [0.29, 0.717) is 26.4 Å². The zero-order valence-electron chi connectivity index (χ0n) is 11.1. The summed E-state index contributed by atoms with van der Waals surface area (Å²) in [5.41, 5.74) is 0. The van der Waals surface area contributed by atoms with Crippen LogP contribution in [0.15, 0.2) is 0 Å². The van der Waals surface area contributed by atoms with Crippen LogP contribution in [0.25, 0.3) is 0 Å². The van der Waals surface area contributed by atoms with Crippen molar-refractivity contribution in [3.63, 3.8) is 0 Å². The normalized spacial score (nSPS) is 13.9. The van der Waals surface area contributed by atoms with E-state index in [1.165, 1.54) is 0 Å². The van der Waals surface area contributed by atoms with Crippen molar-refractivity contribution in [2.75, 3.05) is 47.3 Å². The summed E-state index contributed by atoms with van der Waals surface area (Å²) >= 11 is 0. The SMILES string of the molecule is COCCO[Si](C)(OCCOC)OCC(C)O. The van der Waals surface area contributed by atoms with E-state index in [9.17, 15) is 5.11 Å². The minimum absolute atomic E-state index is 0.197. The Bertz CT molecular complexity index is 168. The number of hydrogen-bond acceptors (Lipinski definition) is 6. The lowest BCUT2D eigenvalue weighted by Gasteiger charge is -2.26. The summed E-state index contributed by atoms with van der Waals surface area (Å²) in [5, 5.41) is 9.20. The molecule has 0 amide bonds. The molecule has 0 fully saturated rings. The van der Waals surface area contributed by atoms with Gasteiger partial charge in [-0.2, -0.15) is 0 Å². The zero-order valence-corrected chi connectivity index (χ0v) is 12.1. The van der Waals surface area contributed by atoms with Gasteiger partial charge in [0.2, 0.25) is 0 Å². The molecule has 7 heteroatoms. The molecule has 0 aliphatic rings. The predicted molar refractivity (Wildman–Crippen MR) is 64.9 cm³/mol. The maximum absolute atomic E-state index is 9.20. The van der Waals surface area contributed by atoms with Crippen LogP contribution in [-0.4, -0.2) is 67.3 Å². The molecular weight excluding hydrogens is 244 g/mol. The molecule has 1 unspecified atom stereocenters. The monoisotopic (exact) mass is 268 g/mol. The molecule has 0 bridgehead atoms. The zero-order chi connectivity index (χ0) is 13.1. The average Bonchev–Trinajstić information content (AvgIpc) is 2.27. The molecule has 0 rings (SSSR count). The molecule has 0 aromatic rings. The van der Waals surface area contributed by atoms with Crippen molar-refractivity contribution in [2.45, 2.75) is 19.6 Å². The van der Waals surface area contributed by atoms with Crippen LogP contribution in [0.5, 0.6) is 0 Å². The standard InChI is InChI=1S/C10H24O6Si/c1-10(11)9-16-17(4,14-7-5-12-2)15-8-6-13-3/h10-11H,5-9H2,1-4H3. The molecular formula is C10H24O6Si. The van der Waals surface area contributed by atoms with Gasteiger partial charge in [0, 0.05) is 20.8 Å². The van der Waals surface area contributed by atoms with Gasteiger partial charge in [-0.05, 0) is 6.92 Å². The van der Waals surface area contributed by atoms with E-state index in [1.54, 1.807) is 27.7 Å². The molecule has 0 aliphatic carbocycles. The Kier molecular flexibility index (Phi) is 9.94. The van der Waals surface area contributed by atoms with E-state index in [-0.39, 0.29) is 6.61 Å². The molecule has 6 nitrogen and oxygen atoms in total. The van der Waals surface area contributed by atoms with E-state index in [4.69, 9.17) is 22.8 Å². The highest BCUT2D eigenvalue weighted by Gasteiger charge is 2.35. The Morgan fingerprint density at radius 3 is 1.76 bits per heavy atom. The predicted octanol–water partition coefficient (Wildman–Crippen LogP) is 0.279. The van der Waals surface area contributed by atoms with E-state index in [2.05, 4.69) is 0 Å². The first-order valence-electron chi connectivity index (χ1n) is 5.62. The Balaban J connectivity index is 4.04. The highest BCUT2D eigenvalue weighted by molar-refractivity contribution is 6.59. The Morgan fingerprint density at radius 2 is 1.41 bits per heavy atom. The van der Waals surface area contributed by atoms with Crippen LogP contribution in [0.1, 0.15) is 6.92 Å². The van der Waals surface area contributed by atoms with Gasteiger partial charge in [-0.15, -0.1) is 0 Å². The topological polar surface area (TPSA) is 66.4 Å². The second-order valence-corrected chi connectivity index (χ2v) is 6.30. The molecule has 0 aromatic carbocycles. The lowest BCUT2D eigenvalue weighted by molar-refractivity contribution is 0.0102. The Labute approximate surface area is 104 Å². The third kappa shape index (κ3) is 9.66. The molecule has 0 radical (unpaired) electrons. The number of rotatable bonds is 11. The second-order valence-electron chi connectivity index (χ2n) is 3.70. The van der Waals surface area contributed by atoms with Crippen molar-refractivity contribution in [3.8, 4) is 0 Å². The third-order valence-electron chi connectivity index (χ3n) is 1.89. The van der Waals surface area contributed by atoms with Crippen LogP contribution in [-0.2, 0) is 22.8 Å². The maximum Gasteiger partial charge on any atom is 0.497 e. The van der Waals surface area contributed by atoms with Crippen molar-refractivity contribution in [3.05, 3.63) is 0 Å². The van der Waals surface area contributed by atoms with Crippen LogP contribution in [0.3, 0.4) is 0 Å². The quantitative estimate of drug-likeness (QED) is 0.429. The highest BCUT2D eigenvalue weighted by Crippen LogP contribution is 2.10. The Morgan fingerprint density at radius 1 is 0.941 bits per heavy atom. The van der Waals surface area contributed by atoms with E-state index in [1.807, 2.05) is 0 Å². The first-order chi connectivity index (χ1) is 8.04. The summed E-state index contributed by atoms with van der Waals surface area (Å²) in [6, 6.07) is 0. The van der Waals surface area contributed by atoms with Crippen molar-refractivity contribution in [1.29, 1.82) is 0 Å². The van der Waals surface area contributed by atoms with E-state index >= 15 is 0 Å². The maximum atomic E-state index is 9.20. The molecule has 104 valence electrons. The van der Waals surface area contributed by atoms with Gasteiger partial charge in [-0.25, -0.2) is 0 Å². The molecule has 0 heterocycles. The average molecular weight is 268 g/mol. The molecule has 0 aliphatic heterocycles. The van der Waals surface area contributed by atoms with Crippen molar-refractivity contribution >= 4 is 8.80 Å². The van der Waals surface area contributed by atoms with Crippen LogP contribution in [0.2, 0.25) is 6.55 Å². The van der Waals surface area contributed by atoms with Crippen LogP contribution in [0, 0.1) is 0 Å². The van der Waals surface area contributed by atoms with Gasteiger partial charge in [0.1, 0.15) is 0 Å². The molecule has 0 saturated heterocycles. The summed E-state index contributed by atoms with van der Waals surface area (Å²) in [6.45, 7) is 5.42. The fourth-order valence-corrected chi connectivity index (χ4v) is 2.72. The van der Waals surface area contributed by atoms with Crippen molar-refractivity contribution < 1.29 is 27.9 Å². The molecule has 0 aromatic heterocycles.